The van der Waals surface area contributed by atoms with Gasteiger partial charge in [0.05, 0.1) is 26.4 Å². The summed E-state index contributed by atoms with van der Waals surface area (Å²) in [4.78, 5) is 0. The van der Waals surface area contributed by atoms with Crippen molar-refractivity contribution in [1.82, 2.24) is 0 Å². The summed E-state index contributed by atoms with van der Waals surface area (Å²) in [5.41, 5.74) is 0. The SMILES string of the molecule is CCO[Si](C)(C)OCCOCCO. The van der Waals surface area contributed by atoms with Crippen molar-refractivity contribution >= 4 is 8.56 Å². The van der Waals surface area contributed by atoms with E-state index >= 15 is 0 Å². The highest BCUT2D eigenvalue weighted by atomic mass is 28.4. The van der Waals surface area contributed by atoms with Crippen LogP contribution in [0.4, 0.5) is 0 Å². The normalized spacial score (nSPS) is 12.0. The van der Waals surface area contributed by atoms with Gasteiger partial charge in [-0.15, -0.1) is 0 Å². The molecule has 0 rings (SSSR count). The first kappa shape index (κ1) is 13.1. The lowest BCUT2D eigenvalue weighted by Crippen LogP contribution is -2.36. The molecule has 0 unspecified atom stereocenters. The van der Waals surface area contributed by atoms with Gasteiger partial charge in [-0.25, -0.2) is 0 Å². The number of aliphatic hydroxyl groups is 1. The number of ether oxygens (including phenoxy) is 1. The van der Waals surface area contributed by atoms with Crippen LogP contribution in [0, 0.1) is 0 Å². The first-order valence-corrected chi connectivity index (χ1v) is 7.40. The molecule has 0 aliphatic carbocycles. The molecule has 0 fully saturated rings. The van der Waals surface area contributed by atoms with Crippen molar-refractivity contribution in [3.05, 3.63) is 0 Å². The zero-order valence-corrected chi connectivity index (χ0v) is 9.71. The molecular weight excluding hydrogens is 188 g/mol. The Bertz CT molecular complexity index is 119. The fourth-order valence-electron chi connectivity index (χ4n) is 0.902. The fourth-order valence-corrected chi connectivity index (χ4v) is 2.26. The Balaban J connectivity index is 3.29. The molecule has 0 radical (unpaired) electrons. The van der Waals surface area contributed by atoms with Crippen LogP contribution in [0.3, 0.4) is 0 Å². The van der Waals surface area contributed by atoms with Gasteiger partial charge in [-0.2, -0.15) is 0 Å². The predicted octanol–water partition coefficient (Wildman–Crippen LogP) is 0.750. The first-order valence-electron chi connectivity index (χ1n) is 4.59. The van der Waals surface area contributed by atoms with Gasteiger partial charge < -0.3 is 18.7 Å². The van der Waals surface area contributed by atoms with E-state index in [0.29, 0.717) is 26.4 Å². The van der Waals surface area contributed by atoms with E-state index in [-0.39, 0.29) is 6.61 Å². The minimum atomic E-state index is -1.91. The van der Waals surface area contributed by atoms with Crippen molar-refractivity contribution < 1.29 is 18.7 Å². The molecule has 0 aromatic carbocycles. The molecule has 0 aromatic rings. The molecule has 5 heteroatoms. The molecule has 0 saturated carbocycles. The number of rotatable bonds is 8. The largest absolute Gasteiger partial charge is 0.395 e. The van der Waals surface area contributed by atoms with Gasteiger partial charge in [-0.05, 0) is 20.0 Å². The molecule has 0 aromatic heterocycles. The smallest absolute Gasteiger partial charge is 0.331 e. The third-order valence-corrected chi connectivity index (χ3v) is 3.29. The Labute approximate surface area is 81.1 Å². The fraction of sp³-hybridized carbons (Fsp3) is 1.00. The lowest BCUT2D eigenvalue weighted by molar-refractivity contribution is 0.0595. The Morgan fingerprint density at radius 3 is 2.31 bits per heavy atom. The molecule has 0 aliphatic rings. The molecule has 0 aliphatic heterocycles. The zero-order valence-electron chi connectivity index (χ0n) is 8.71. The van der Waals surface area contributed by atoms with Crippen LogP contribution in [0.5, 0.6) is 0 Å². The molecule has 0 spiro atoms. The van der Waals surface area contributed by atoms with Crippen molar-refractivity contribution in [2.75, 3.05) is 33.0 Å². The maximum Gasteiger partial charge on any atom is 0.331 e. The van der Waals surface area contributed by atoms with Crippen LogP contribution in [0.15, 0.2) is 0 Å². The van der Waals surface area contributed by atoms with E-state index in [0.717, 1.165) is 0 Å². The second-order valence-electron chi connectivity index (χ2n) is 3.02. The second kappa shape index (κ2) is 7.46. The van der Waals surface area contributed by atoms with Gasteiger partial charge in [0.15, 0.2) is 0 Å². The van der Waals surface area contributed by atoms with Crippen molar-refractivity contribution in [2.45, 2.75) is 20.0 Å². The van der Waals surface area contributed by atoms with E-state index in [2.05, 4.69) is 0 Å². The summed E-state index contributed by atoms with van der Waals surface area (Å²) >= 11 is 0. The topological polar surface area (TPSA) is 47.9 Å². The zero-order chi connectivity index (χ0) is 10.2. The van der Waals surface area contributed by atoms with Crippen LogP contribution in [-0.2, 0) is 13.6 Å². The molecule has 0 saturated heterocycles. The molecule has 0 heterocycles. The molecule has 80 valence electrons. The van der Waals surface area contributed by atoms with E-state index in [1.807, 2.05) is 20.0 Å². The summed E-state index contributed by atoms with van der Waals surface area (Å²) in [5.74, 6) is 0. The van der Waals surface area contributed by atoms with Crippen LogP contribution < -0.4 is 0 Å². The molecule has 13 heavy (non-hydrogen) atoms. The Kier molecular flexibility index (Phi) is 7.49. The van der Waals surface area contributed by atoms with E-state index in [1.165, 1.54) is 0 Å². The summed E-state index contributed by atoms with van der Waals surface area (Å²) in [6.07, 6.45) is 0. The lowest BCUT2D eigenvalue weighted by Gasteiger charge is -2.21. The van der Waals surface area contributed by atoms with Crippen molar-refractivity contribution in [3.63, 3.8) is 0 Å². The van der Waals surface area contributed by atoms with Gasteiger partial charge in [0.1, 0.15) is 0 Å². The molecule has 0 atom stereocenters. The molecule has 1 N–H and O–H groups in total. The summed E-state index contributed by atoms with van der Waals surface area (Å²) in [6.45, 7) is 8.15. The maximum absolute atomic E-state index is 8.43. The van der Waals surface area contributed by atoms with Gasteiger partial charge in [0, 0.05) is 6.61 Å². The van der Waals surface area contributed by atoms with Crippen LogP contribution in [0.2, 0.25) is 13.1 Å². The monoisotopic (exact) mass is 208 g/mol. The van der Waals surface area contributed by atoms with Crippen LogP contribution in [-0.4, -0.2) is 46.7 Å². The highest BCUT2D eigenvalue weighted by Crippen LogP contribution is 2.05. The minimum absolute atomic E-state index is 0.0618. The molecule has 0 bridgehead atoms. The average Bonchev–Trinajstić information content (AvgIpc) is 2.04. The van der Waals surface area contributed by atoms with Gasteiger partial charge in [-0.1, -0.05) is 0 Å². The van der Waals surface area contributed by atoms with Crippen molar-refractivity contribution in [2.24, 2.45) is 0 Å². The molecule has 0 amide bonds. The first-order chi connectivity index (χ1) is 6.12. The maximum atomic E-state index is 8.43. The summed E-state index contributed by atoms with van der Waals surface area (Å²) < 4.78 is 16.0. The third-order valence-electron chi connectivity index (χ3n) is 1.40. The lowest BCUT2D eigenvalue weighted by atomic mass is 10.7. The average molecular weight is 208 g/mol. The quantitative estimate of drug-likeness (QED) is 0.472. The Hall–Kier alpha value is 0.0569. The molecular formula is C8H20O4Si. The van der Waals surface area contributed by atoms with Gasteiger partial charge in [0.2, 0.25) is 0 Å². The van der Waals surface area contributed by atoms with E-state index < -0.39 is 8.56 Å². The van der Waals surface area contributed by atoms with E-state index in [1.54, 1.807) is 0 Å². The number of hydrogen-bond acceptors (Lipinski definition) is 4. The van der Waals surface area contributed by atoms with E-state index in [9.17, 15) is 0 Å². The van der Waals surface area contributed by atoms with Crippen LogP contribution in [0.1, 0.15) is 6.92 Å². The van der Waals surface area contributed by atoms with Gasteiger partial charge in [0.25, 0.3) is 0 Å². The van der Waals surface area contributed by atoms with Gasteiger partial charge >= 0.3 is 8.56 Å². The highest BCUT2D eigenvalue weighted by molar-refractivity contribution is 6.64. The Morgan fingerprint density at radius 2 is 1.77 bits per heavy atom. The highest BCUT2D eigenvalue weighted by Gasteiger charge is 2.23. The third kappa shape index (κ3) is 8.39. The summed E-state index contributed by atoms with van der Waals surface area (Å²) in [5, 5.41) is 8.43. The van der Waals surface area contributed by atoms with Crippen LogP contribution in [0.25, 0.3) is 0 Å². The van der Waals surface area contributed by atoms with Crippen molar-refractivity contribution in [3.8, 4) is 0 Å². The van der Waals surface area contributed by atoms with Gasteiger partial charge in [-0.3, -0.25) is 0 Å². The Morgan fingerprint density at radius 1 is 1.08 bits per heavy atom. The summed E-state index contributed by atoms with van der Waals surface area (Å²) in [6, 6.07) is 0. The second-order valence-corrected chi connectivity index (χ2v) is 6.39. The number of aliphatic hydroxyl groups excluding tert-OH is 1. The minimum Gasteiger partial charge on any atom is -0.395 e. The number of hydrogen-bond donors (Lipinski definition) is 1. The predicted molar refractivity (Wildman–Crippen MR) is 53.0 cm³/mol. The molecule has 4 nitrogen and oxygen atoms in total. The van der Waals surface area contributed by atoms with Crippen LogP contribution >= 0.6 is 0 Å². The summed E-state index contributed by atoms with van der Waals surface area (Å²) in [7, 11) is -1.91. The van der Waals surface area contributed by atoms with E-state index in [4.69, 9.17) is 18.7 Å². The standard InChI is InChI=1S/C8H20O4Si/c1-4-11-13(2,3)12-8-7-10-6-5-9/h9H,4-8H2,1-3H3. The van der Waals surface area contributed by atoms with Crippen molar-refractivity contribution in [1.29, 1.82) is 0 Å².